The topological polar surface area (TPSA) is 28.6 Å². The molecule has 18 heavy (non-hydrogen) atoms. The van der Waals surface area contributed by atoms with Crippen LogP contribution in [-0.4, -0.2) is 56.3 Å². The molecule has 0 bridgehead atoms. The third-order valence-corrected chi connectivity index (χ3v) is 3.43. The molecule has 0 amide bonds. The van der Waals surface area contributed by atoms with Crippen LogP contribution in [0.3, 0.4) is 0 Å². The van der Waals surface area contributed by atoms with Crippen molar-refractivity contribution in [2.24, 2.45) is 0 Å². The second-order valence-corrected chi connectivity index (χ2v) is 4.90. The minimum Gasteiger partial charge on any atom is -0.383 e. The molecule has 4 heteroatoms. The number of hydrogen-bond acceptors (Lipinski definition) is 4. The van der Waals surface area contributed by atoms with Crippen molar-refractivity contribution in [3.8, 4) is 0 Å². The summed E-state index contributed by atoms with van der Waals surface area (Å²) in [4.78, 5) is 9.20. The van der Waals surface area contributed by atoms with Gasteiger partial charge in [-0.1, -0.05) is 0 Å². The molecule has 0 saturated carbocycles. The Labute approximate surface area is 110 Å². The number of nitrogens with zero attached hydrogens (tertiary/aromatic N) is 3. The summed E-state index contributed by atoms with van der Waals surface area (Å²) >= 11 is 0. The average molecular weight is 249 g/mol. The Hall–Kier alpha value is -1.13. The second-order valence-electron chi connectivity index (χ2n) is 4.90. The SMILES string of the molecule is COCCN1CCCN(c2cncc(C)c2)CC1. The summed E-state index contributed by atoms with van der Waals surface area (Å²) in [5.41, 5.74) is 2.48. The zero-order chi connectivity index (χ0) is 12.8. The molecule has 0 aliphatic carbocycles. The van der Waals surface area contributed by atoms with Crippen molar-refractivity contribution in [3.05, 3.63) is 24.0 Å². The lowest BCUT2D eigenvalue weighted by Crippen LogP contribution is -2.32. The summed E-state index contributed by atoms with van der Waals surface area (Å²) in [6, 6.07) is 2.22. The van der Waals surface area contributed by atoms with E-state index >= 15 is 0 Å². The highest BCUT2D eigenvalue weighted by atomic mass is 16.5. The third kappa shape index (κ3) is 3.68. The van der Waals surface area contributed by atoms with Crippen LogP contribution in [0.1, 0.15) is 12.0 Å². The summed E-state index contributed by atoms with van der Waals surface area (Å²) < 4.78 is 5.15. The first-order valence-corrected chi connectivity index (χ1v) is 6.67. The van der Waals surface area contributed by atoms with Crippen molar-refractivity contribution in [1.29, 1.82) is 0 Å². The number of aromatic nitrogens is 1. The molecule has 0 atom stereocenters. The molecular formula is C14H23N3O. The average Bonchev–Trinajstić information content (AvgIpc) is 2.62. The van der Waals surface area contributed by atoms with Crippen LogP contribution in [0.4, 0.5) is 5.69 Å². The van der Waals surface area contributed by atoms with Crippen LogP contribution in [0.2, 0.25) is 0 Å². The predicted octanol–water partition coefficient (Wildman–Crippen LogP) is 1.55. The van der Waals surface area contributed by atoms with Crippen LogP contribution in [0.5, 0.6) is 0 Å². The fourth-order valence-electron chi connectivity index (χ4n) is 2.39. The van der Waals surface area contributed by atoms with E-state index in [0.717, 1.165) is 32.8 Å². The maximum Gasteiger partial charge on any atom is 0.0589 e. The van der Waals surface area contributed by atoms with Gasteiger partial charge in [0, 0.05) is 39.5 Å². The quantitative estimate of drug-likeness (QED) is 0.809. The lowest BCUT2D eigenvalue weighted by atomic mass is 10.2. The van der Waals surface area contributed by atoms with Crippen LogP contribution in [-0.2, 0) is 4.74 Å². The highest BCUT2D eigenvalue weighted by Gasteiger charge is 2.15. The Bertz CT molecular complexity index is 370. The van der Waals surface area contributed by atoms with Gasteiger partial charge in [-0.2, -0.15) is 0 Å². The first-order valence-electron chi connectivity index (χ1n) is 6.67. The molecule has 1 aliphatic rings. The molecule has 0 N–H and O–H groups in total. The van der Waals surface area contributed by atoms with Crippen LogP contribution < -0.4 is 4.90 Å². The Morgan fingerprint density at radius 1 is 1.22 bits per heavy atom. The van der Waals surface area contributed by atoms with Crippen molar-refractivity contribution in [3.63, 3.8) is 0 Å². The minimum atomic E-state index is 0.825. The first-order chi connectivity index (χ1) is 8.79. The molecule has 2 heterocycles. The molecule has 1 saturated heterocycles. The number of methoxy groups -OCH3 is 1. The van der Waals surface area contributed by atoms with E-state index < -0.39 is 0 Å². The minimum absolute atomic E-state index is 0.825. The van der Waals surface area contributed by atoms with Crippen LogP contribution >= 0.6 is 0 Å². The molecule has 0 spiro atoms. The summed E-state index contributed by atoms with van der Waals surface area (Å²) in [5.74, 6) is 0. The predicted molar refractivity (Wildman–Crippen MR) is 74.1 cm³/mol. The van der Waals surface area contributed by atoms with E-state index in [4.69, 9.17) is 4.74 Å². The number of hydrogen-bond donors (Lipinski definition) is 0. The standard InChI is InChI=1S/C14H23N3O/c1-13-10-14(12-15-11-13)17-5-3-4-16(6-7-17)8-9-18-2/h10-12H,3-9H2,1-2H3. The molecule has 100 valence electrons. The van der Waals surface area contributed by atoms with Gasteiger partial charge < -0.3 is 9.64 Å². The molecule has 0 aromatic carbocycles. The lowest BCUT2D eigenvalue weighted by molar-refractivity contribution is 0.152. The van der Waals surface area contributed by atoms with E-state index in [1.807, 2.05) is 12.4 Å². The third-order valence-electron chi connectivity index (χ3n) is 3.43. The van der Waals surface area contributed by atoms with Gasteiger partial charge in [0.05, 0.1) is 18.5 Å². The van der Waals surface area contributed by atoms with E-state index in [0.29, 0.717) is 0 Å². The Morgan fingerprint density at radius 3 is 2.89 bits per heavy atom. The first kappa shape index (κ1) is 13.3. The highest BCUT2D eigenvalue weighted by Crippen LogP contribution is 2.16. The number of anilines is 1. The van der Waals surface area contributed by atoms with E-state index in [1.165, 1.54) is 24.2 Å². The normalized spacial score (nSPS) is 17.8. The zero-order valence-electron chi connectivity index (χ0n) is 11.4. The Balaban J connectivity index is 1.92. The van der Waals surface area contributed by atoms with E-state index in [-0.39, 0.29) is 0 Å². The Morgan fingerprint density at radius 2 is 2.11 bits per heavy atom. The molecule has 1 aromatic heterocycles. The molecule has 4 nitrogen and oxygen atoms in total. The van der Waals surface area contributed by atoms with Crippen LogP contribution in [0, 0.1) is 6.92 Å². The van der Waals surface area contributed by atoms with Crippen LogP contribution in [0.25, 0.3) is 0 Å². The van der Waals surface area contributed by atoms with E-state index in [2.05, 4.69) is 27.8 Å². The summed E-state index contributed by atoms with van der Waals surface area (Å²) in [5, 5.41) is 0. The zero-order valence-corrected chi connectivity index (χ0v) is 11.4. The van der Waals surface area contributed by atoms with Gasteiger partial charge in [-0.15, -0.1) is 0 Å². The maximum absolute atomic E-state index is 5.15. The molecule has 2 rings (SSSR count). The largest absolute Gasteiger partial charge is 0.383 e. The van der Waals surface area contributed by atoms with Gasteiger partial charge in [0.15, 0.2) is 0 Å². The number of rotatable bonds is 4. The monoisotopic (exact) mass is 249 g/mol. The van der Waals surface area contributed by atoms with Crippen molar-refractivity contribution < 1.29 is 4.74 Å². The molecule has 0 unspecified atom stereocenters. The lowest BCUT2D eigenvalue weighted by Gasteiger charge is -2.23. The second kappa shape index (κ2) is 6.71. The van der Waals surface area contributed by atoms with Crippen molar-refractivity contribution in [2.75, 3.05) is 51.3 Å². The van der Waals surface area contributed by atoms with Crippen molar-refractivity contribution in [2.45, 2.75) is 13.3 Å². The summed E-state index contributed by atoms with van der Waals surface area (Å²) in [6.07, 6.45) is 5.09. The maximum atomic E-state index is 5.15. The molecule has 0 radical (unpaired) electrons. The molecule has 1 fully saturated rings. The summed E-state index contributed by atoms with van der Waals surface area (Å²) in [7, 11) is 1.77. The number of aryl methyl sites for hydroxylation is 1. The highest BCUT2D eigenvalue weighted by molar-refractivity contribution is 5.45. The molecule has 1 aromatic rings. The van der Waals surface area contributed by atoms with Gasteiger partial charge in [-0.3, -0.25) is 9.88 Å². The fraction of sp³-hybridized carbons (Fsp3) is 0.643. The van der Waals surface area contributed by atoms with E-state index in [1.54, 1.807) is 7.11 Å². The van der Waals surface area contributed by atoms with Crippen LogP contribution in [0.15, 0.2) is 18.5 Å². The van der Waals surface area contributed by atoms with Gasteiger partial charge >= 0.3 is 0 Å². The van der Waals surface area contributed by atoms with Gasteiger partial charge in [0.2, 0.25) is 0 Å². The fourth-order valence-corrected chi connectivity index (χ4v) is 2.39. The van der Waals surface area contributed by atoms with Crippen molar-refractivity contribution in [1.82, 2.24) is 9.88 Å². The van der Waals surface area contributed by atoms with Gasteiger partial charge in [-0.25, -0.2) is 0 Å². The molecular weight excluding hydrogens is 226 g/mol. The number of pyridine rings is 1. The van der Waals surface area contributed by atoms with Crippen molar-refractivity contribution >= 4 is 5.69 Å². The number of ether oxygens (including phenoxy) is 1. The van der Waals surface area contributed by atoms with E-state index in [9.17, 15) is 0 Å². The summed E-state index contributed by atoms with van der Waals surface area (Å²) in [6.45, 7) is 8.43. The molecule has 1 aliphatic heterocycles. The van der Waals surface area contributed by atoms with Gasteiger partial charge in [-0.05, 0) is 31.5 Å². The Kier molecular flexibility index (Phi) is 4.96. The van der Waals surface area contributed by atoms with Gasteiger partial charge in [0.1, 0.15) is 0 Å². The van der Waals surface area contributed by atoms with Gasteiger partial charge in [0.25, 0.3) is 0 Å². The smallest absolute Gasteiger partial charge is 0.0589 e.